The average molecular weight is 149 g/mol. The van der Waals surface area contributed by atoms with Gasteiger partial charge in [0.2, 0.25) is 0 Å². The standard InChI is InChI=1S/C11H17/c1-2-9-5-10-3-8(1)4-11(6-9)7-10/h1,8-11H,2-7H2/q+1/t8?,9?,10-,11+. The zero-order valence-corrected chi connectivity index (χ0v) is 7.13. The molecule has 0 spiro atoms. The van der Waals surface area contributed by atoms with Gasteiger partial charge in [-0.3, -0.25) is 0 Å². The van der Waals surface area contributed by atoms with E-state index in [0.29, 0.717) is 0 Å². The van der Waals surface area contributed by atoms with E-state index in [9.17, 15) is 0 Å². The van der Waals surface area contributed by atoms with Crippen LogP contribution in [0, 0.1) is 30.1 Å². The Kier molecular flexibility index (Phi) is 1.27. The highest BCUT2D eigenvalue weighted by Crippen LogP contribution is 2.50. The summed E-state index contributed by atoms with van der Waals surface area (Å²) < 4.78 is 0. The number of rotatable bonds is 0. The molecule has 0 aliphatic heterocycles. The number of hydrogen-bond acceptors (Lipinski definition) is 0. The molecule has 0 heteroatoms. The van der Waals surface area contributed by atoms with Crippen LogP contribution in [0.2, 0.25) is 0 Å². The summed E-state index contributed by atoms with van der Waals surface area (Å²) in [7, 11) is 0. The highest BCUT2D eigenvalue weighted by Gasteiger charge is 2.43. The van der Waals surface area contributed by atoms with Gasteiger partial charge in [-0.1, -0.05) is 0 Å². The second-order valence-corrected chi connectivity index (χ2v) is 5.01. The molecule has 4 fully saturated rings. The van der Waals surface area contributed by atoms with Crippen LogP contribution in [0.4, 0.5) is 0 Å². The predicted molar refractivity (Wildman–Crippen MR) is 46.0 cm³/mol. The lowest BCUT2D eigenvalue weighted by molar-refractivity contribution is 0.137. The molecule has 0 amide bonds. The Hall–Kier alpha value is -0.130. The molecule has 0 aromatic rings. The second-order valence-electron chi connectivity index (χ2n) is 5.01. The van der Waals surface area contributed by atoms with Crippen LogP contribution in [0.5, 0.6) is 0 Å². The highest BCUT2D eigenvalue weighted by atomic mass is 14.4. The van der Waals surface area contributed by atoms with E-state index in [1.807, 2.05) is 0 Å². The maximum atomic E-state index is 2.64. The molecule has 4 aliphatic rings. The van der Waals surface area contributed by atoms with E-state index < -0.39 is 0 Å². The van der Waals surface area contributed by atoms with Gasteiger partial charge in [0.1, 0.15) is 0 Å². The van der Waals surface area contributed by atoms with E-state index in [4.69, 9.17) is 0 Å². The summed E-state index contributed by atoms with van der Waals surface area (Å²) in [5, 5.41) is 0. The fraction of sp³-hybridized carbons (Fsp3) is 0.909. The topological polar surface area (TPSA) is 0 Å². The minimum Gasteiger partial charge on any atom is -0.0472 e. The van der Waals surface area contributed by atoms with E-state index in [-0.39, 0.29) is 0 Å². The summed E-state index contributed by atoms with van der Waals surface area (Å²) in [6.45, 7) is 0. The molecule has 11 heavy (non-hydrogen) atoms. The quantitative estimate of drug-likeness (QED) is 0.464. The average Bonchev–Trinajstić information content (AvgIpc) is 2.18. The maximum Gasteiger partial charge on any atom is 0.0983 e. The molecule has 4 aliphatic carbocycles. The van der Waals surface area contributed by atoms with Crippen molar-refractivity contribution in [2.45, 2.75) is 38.5 Å². The van der Waals surface area contributed by atoms with Gasteiger partial charge < -0.3 is 0 Å². The van der Waals surface area contributed by atoms with Crippen LogP contribution in [0.3, 0.4) is 0 Å². The lowest BCUT2D eigenvalue weighted by Crippen LogP contribution is -2.26. The Balaban J connectivity index is 1.90. The van der Waals surface area contributed by atoms with E-state index in [1.165, 1.54) is 6.42 Å². The minimum atomic E-state index is 1.03. The van der Waals surface area contributed by atoms with Crippen LogP contribution in [0.1, 0.15) is 38.5 Å². The van der Waals surface area contributed by atoms with Gasteiger partial charge in [0, 0.05) is 0 Å². The summed E-state index contributed by atoms with van der Waals surface area (Å²) in [5.74, 6) is 4.41. The van der Waals surface area contributed by atoms with Crippen LogP contribution in [0.15, 0.2) is 0 Å². The third-order valence-electron chi connectivity index (χ3n) is 4.07. The summed E-state index contributed by atoms with van der Waals surface area (Å²) in [6, 6.07) is 0. The smallest absolute Gasteiger partial charge is 0.0472 e. The first-order valence-electron chi connectivity index (χ1n) is 5.23. The molecule has 4 atom stereocenters. The first-order valence-corrected chi connectivity index (χ1v) is 5.23. The van der Waals surface area contributed by atoms with Gasteiger partial charge in [-0.25, -0.2) is 0 Å². The summed E-state index contributed by atoms with van der Waals surface area (Å²) >= 11 is 0. The molecule has 0 aromatic heterocycles. The molecule has 0 nitrogen and oxygen atoms in total. The van der Waals surface area contributed by atoms with Crippen molar-refractivity contribution in [1.29, 1.82) is 0 Å². The van der Waals surface area contributed by atoms with Crippen molar-refractivity contribution in [3.63, 3.8) is 0 Å². The largest absolute Gasteiger partial charge is 0.0983 e. The Bertz CT molecular complexity index is 127. The van der Waals surface area contributed by atoms with Crippen molar-refractivity contribution >= 4 is 0 Å². The van der Waals surface area contributed by atoms with Crippen molar-refractivity contribution in [2.24, 2.45) is 23.7 Å². The van der Waals surface area contributed by atoms with Crippen molar-refractivity contribution in [2.75, 3.05) is 0 Å². The fourth-order valence-electron chi connectivity index (χ4n) is 3.81. The molecule has 0 aromatic carbocycles. The molecule has 2 unspecified atom stereocenters. The first kappa shape index (κ1) is 6.39. The van der Waals surface area contributed by atoms with Gasteiger partial charge in [-0.15, -0.1) is 0 Å². The lowest BCUT2D eigenvalue weighted by atomic mass is 9.68. The van der Waals surface area contributed by atoms with Gasteiger partial charge in [0.05, 0.1) is 18.8 Å². The predicted octanol–water partition coefficient (Wildman–Crippen LogP) is 3.04. The minimum absolute atomic E-state index is 1.03. The summed E-state index contributed by atoms with van der Waals surface area (Å²) in [4.78, 5) is 0. The normalized spacial score (nSPS) is 53.8. The summed E-state index contributed by atoms with van der Waals surface area (Å²) in [5.41, 5.74) is 0. The van der Waals surface area contributed by atoms with E-state index >= 15 is 0 Å². The van der Waals surface area contributed by atoms with Gasteiger partial charge in [-0.2, -0.15) is 0 Å². The Labute approximate surface area is 69.4 Å². The van der Waals surface area contributed by atoms with Crippen LogP contribution in [-0.4, -0.2) is 0 Å². The number of fused-ring (bicyclic) bond motifs is 1. The van der Waals surface area contributed by atoms with Gasteiger partial charge in [-0.05, 0) is 49.9 Å². The van der Waals surface area contributed by atoms with Crippen molar-refractivity contribution in [3.8, 4) is 0 Å². The molecular weight excluding hydrogens is 132 g/mol. The Morgan fingerprint density at radius 2 is 1.36 bits per heavy atom. The van der Waals surface area contributed by atoms with Crippen LogP contribution >= 0.6 is 0 Å². The molecule has 4 saturated carbocycles. The SMILES string of the molecule is [CH+]1CC2C[C@H]3CC1C[C@@H](C2)C3. The van der Waals surface area contributed by atoms with Crippen LogP contribution in [0.25, 0.3) is 0 Å². The van der Waals surface area contributed by atoms with E-state index in [1.54, 1.807) is 32.1 Å². The molecule has 0 heterocycles. The zero-order valence-electron chi connectivity index (χ0n) is 7.13. The second kappa shape index (κ2) is 2.18. The molecule has 4 bridgehead atoms. The van der Waals surface area contributed by atoms with Crippen molar-refractivity contribution < 1.29 is 0 Å². The zero-order chi connectivity index (χ0) is 7.26. The molecule has 60 valence electrons. The van der Waals surface area contributed by atoms with Crippen molar-refractivity contribution in [3.05, 3.63) is 6.42 Å². The Morgan fingerprint density at radius 3 is 2.09 bits per heavy atom. The third kappa shape index (κ3) is 0.988. The molecule has 0 saturated heterocycles. The first-order chi connectivity index (χ1) is 5.40. The maximum absolute atomic E-state index is 2.64. The summed E-state index contributed by atoms with van der Waals surface area (Å²) in [6.07, 6.45) is 11.9. The monoisotopic (exact) mass is 149 g/mol. The van der Waals surface area contributed by atoms with Crippen molar-refractivity contribution in [1.82, 2.24) is 0 Å². The third-order valence-corrected chi connectivity index (χ3v) is 4.07. The van der Waals surface area contributed by atoms with Crippen LogP contribution < -0.4 is 0 Å². The van der Waals surface area contributed by atoms with E-state index in [2.05, 4.69) is 6.42 Å². The highest BCUT2D eigenvalue weighted by molar-refractivity contribution is 4.97. The molecule has 0 radical (unpaired) electrons. The lowest BCUT2D eigenvalue weighted by Gasteiger charge is -2.35. The number of hydrogen-bond donors (Lipinski definition) is 0. The Morgan fingerprint density at radius 1 is 0.727 bits per heavy atom. The van der Waals surface area contributed by atoms with Gasteiger partial charge in [0.15, 0.2) is 0 Å². The fourth-order valence-corrected chi connectivity index (χ4v) is 3.81. The van der Waals surface area contributed by atoms with Crippen LogP contribution in [-0.2, 0) is 0 Å². The molecular formula is C11H17+. The van der Waals surface area contributed by atoms with Gasteiger partial charge >= 0.3 is 0 Å². The molecule has 0 N–H and O–H groups in total. The molecule has 4 rings (SSSR count). The van der Waals surface area contributed by atoms with Gasteiger partial charge in [0.25, 0.3) is 0 Å². The van der Waals surface area contributed by atoms with E-state index in [0.717, 1.165) is 23.7 Å².